The number of hydrogen-bond acceptors (Lipinski definition) is 1. The summed E-state index contributed by atoms with van der Waals surface area (Å²) >= 11 is 0. The summed E-state index contributed by atoms with van der Waals surface area (Å²) in [7, 11) is 0. The molecule has 0 spiro atoms. The summed E-state index contributed by atoms with van der Waals surface area (Å²) in [4.78, 5) is 2.67. The van der Waals surface area contributed by atoms with Gasteiger partial charge in [-0.3, -0.25) is 4.90 Å². The maximum Gasteiger partial charge on any atom is 0.0127 e. The van der Waals surface area contributed by atoms with Gasteiger partial charge in [0.15, 0.2) is 0 Å². The highest BCUT2D eigenvalue weighted by Crippen LogP contribution is 2.29. The molecule has 0 bridgehead atoms. The Labute approximate surface area is 83.5 Å². The molecule has 1 aliphatic rings. The molecule has 1 aliphatic heterocycles. The van der Waals surface area contributed by atoms with Crippen LogP contribution in [0.3, 0.4) is 0 Å². The van der Waals surface area contributed by atoms with Gasteiger partial charge in [-0.1, -0.05) is 13.3 Å². The van der Waals surface area contributed by atoms with Gasteiger partial charge in [0.25, 0.3) is 0 Å². The van der Waals surface area contributed by atoms with E-state index in [0.717, 1.165) is 12.0 Å². The van der Waals surface area contributed by atoms with Crippen LogP contribution in [-0.2, 0) is 0 Å². The Morgan fingerprint density at radius 3 is 2.31 bits per heavy atom. The second-order valence-corrected chi connectivity index (χ2v) is 5.52. The summed E-state index contributed by atoms with van der Waals surface area (Å²) in [5, 5.41) is 0. The molecule has 78 valence electrons. The normalized spacial score (nSPS) is 32.1. The molecule has 1 nitrogen and oxygen atoms in total. The number of hydrogen-bond donors (Lipinski definition) is 0. The molecule has 1 rings (SSSR count). The van der Waals surface area contributed by atoms with Gasteiger partial charge in [-0.05, 0) is 46.5 Å². The molecular weight excluding hydrogens is 158 g/mol. The van der Waals surface area contributed by atoms with E-state index in [0.29, 0.717) is 5.54 Å². The monoisotopic (exact) mass is 183 g/mol. The Balaban J connectivity index is 2.60. The van der Waals surface area contributed by atoms with Crippen molar-refractivity contribution in [2.75, 3.05) is 6.54 Å². The zero-order valence-corrected chi connectivity index (χ0v) is 9.93. The van der Waals surface area contributed by atoms with Gasteiger partial charge in [0.1, 0.15) is 0 Å². The number of rotatable bonds is 1. The summed E-state index contributed by atoms with van der Waals surface area (Å²) in [6, 6.07) is 0.780. The summed E-state index contributed by atoms with van der Waals surface area (Å²) in [6.45, 7) is 13.0. The maximum atomic E-state index is 2.67. The molecule has 1 heteroatoms. The van der Waals surface area contributed by atoms with Gasteiger partial charge in [-0.15, -0.1) is 0 Å². The molecule has 1 saturated heterocycles. The number of nitrogens with zero attached hydrogens (tertiary/aromatic N) is 1. The second kappa shape index (κ2) is 4.00. The molecule has 2 unspecified atom stereocenters. The molecular formula is C12H25N. The maximum absolute atomic E-state index is 2.67. The molecule has 0 radical (unpaired) electrons. The third-order valence-corrected chi connectivity index (χ3v) is 3.42. The van der Waals surface area contributed by atoms with Crippen molar-refractivity contribution in [1.29, 1.82) is 0 Å². The van der Waals surface area contributed by atoms with Gasteiger partial charge in [0, 0.05) is 18.1 Å². The van der Waals surface area contributed by atoms with Crippen LogP contribution in [0.25, 0.3) is 0 Å². The fourth-order valence-electron chi connectivity index (χ4n) is 2.45. The Hall–Kier alpha value is -0.0400. The first-order chi connectivity index (χ1) is 5.95. The highest BCUT2D eigenvalue weighted by Gasteiger charge is 2.31. The van der Waals surface area contributed by atoms with Crippen LogP contribution in [0.2, 0.25) is 0 Å². The lowest BCUT2D eigenvalue weighted by atomic mass is 9.88. The molecule has 0 aliphatic carbocycles. The minimum atomic E-state index is 0.354. The van der Waals surface area contributed by atoms with Crippen molar-refractivity contribution >= 4 is 0 Å². The van der Waals surface area contributed by atoms with Crippen LogP contribution in [-0.4, -0.2) is 23.0 Å². The van der Waals surface area contributed by atoms with Crippen LogP contribution < -0.4 is 0 Å². The zero-order chi connectivity index (χ0) is 10.1. The zero-order valence-electron chi connectivity index (χ0n) is 9.93. The fourth-order valence-corrected chi connectivity index (χ4v) is 2.45. The predicted molar refractivity (Wildman–Crippen MR) is 58.9 cm³/mol. The molecule has 0 aromatic carbocycles. The van der Waals surface area contributed by atoms with Gasteiger partial charge in [-0.2, -0.15) is 0 Å². The lowest BCUT2D eigenvalue weighted by molar-refractivity contribution is 0.0324. The quantitative estimate of drug-likeness (QED) is 0.603. The standard InChI is InChI=1S/C12H25N/c1-6-11-8-7-10(2)13(9-11)12(3,4)5/h10-11H,6-9H2,1-5H3. The Kier molecular flexibility index (Phi) is 3.39. The van der Waals surface area contributed by atoms with Crippen LogP contribution in [0, 0.1) is 5.92 Å². The minimum absolute atomic E-state index is 0.354. The fraction of sp³-hybridized carbons (Fsp3) is 1.00. The average Bonchev–Trinajstić information content (AvgIpc) is 2.03. The highest BCUT2D eigenvalue weighted by molar-refractivity contribution is 4.86. The van der Waals surface area contributed by atoms with Crippen LogP contribution in [0.5, 0.6) is 0 Å². The van der Waals surface area contributed by atoms with Crippen LogP contribution in [0.15, 0.2) is 0 Å². The molecule has 2 atom stereocenters. The van der Waals surface area contributed by atoms with E-state index >= 15 is 0 Å². The van der Waals surface area contributed by atoms with E-state index in [9.17, 15) is 0 Å². The second-order valence-electron chi connectivity index (χ2n) is 5.52. The van der Waals surface area contributed by atoms with Crippen molar-refractivity contribution in [3.8, 4) is 0 Å². The van der Waals surface area contributed by atoms with E-state index in [4.69, 9.17) is 0 Å². The molecule has 0 amide bonds. The first-order valence-corrected chi connectivity index (χ1v) is 5.72. The molecule has 0 aromatic heterocycles. The Bertz CT molecular complexity index is 157. The molecule has 1 fully saturated rings. The summed E-state index contributed by atoms with van der Waals surface area (Å²) in [6.07, 6.45) is 4.17. The third kappa shape index (κ3) is 2.70. The first-order valence-electron chi connectivity index (χ1n) is 5.72. The molecule has 1 heterocycles. The van der Waals surface area contributed by atoms with Crippen molar-refractivity contribution in [2.45, 2.75) is 65.5 Å². The van der Waals surface area contributed by atoms with E-state index in [1.165, 1.54) is 25.8 Å². The first kappa shape index (κ1) is 11.0. The van der Waals surface area contributed by atoms with Gasteiger partial charge in [0.2, 0.25) is 0 Å². The van der Waals surface area contributed by atoms with Crippen LogP contribution in [0.4, 0.5) is 0 Å². The minimum Gasteiger partial charge on any atom is -0.296 e. The lowest BCUT2D eigenvalue weighted by Gasteiger charge is -2.46. The van der Waals surface area contributed by atoms with Crippen LogP contribution >= 0.6 is 0 Å². The van der Waals surface area contributed by atoms with Crippen molar-refractivity contribution in [2.24, 2.45) is 5.92 Å². The average molecular weight is 183 g/mol. The van der Waals surface area contributed by atoms with Crippen LogP contribution in [0.1, 0.15) is 53.9 Å². The molecule has 0 saturated carbocycles. The smallest absolute Gasteiger partial charge is 0.0127 e. The van der Waals surface area contributed by atoms with E-state index in [1.54, 1.807) is 0 Å². The third-order valence-electron chi connectivity index (χ3n) is 3.42. The molecule has 0 N–H and O–H groups in total. The van der Waals surface area contributed by atoms with E-state index in [-0.39, 0.29) is 0 Å². The van der Waals surface area contributed by atoms with Crippen molar-refractivity contribution < 1.29 is 0 Å². The molecule has 0 aromatic rings. The van der Waals surface area contributed by atoms with E-state index in [1.807, 2.05) is 0 Å². The van der Waals surface area contributed by atoms with Crippen molar-refractivity contribution in [3.63, 3.8) is 0 Å². The summed E-state index contributed by atoms with van der Waals surface area (Å²) in [5.41, 5.74) is 0.354. The summed E-state index contributed by atoms with van der Waals surface area (Å²) in [5.74, 6) is 0.940. The van der Waals surface area contributed by atoms with Crippen molar-refractivity contribution in [1.82, 2.24) is 4.90 Å². The SMILES string of the molecule is CCC1CCC(C)N(C(C)(C)C)C1. The highest BCUT2D eigenvalue weighted by atomic mass is 15.2. The van der Waals surface area contributed by atoms with Crippen molar-refractivity contribution in [3.05, 3.63) is 0 Å². The molecule has 13 heavy (non-hydrogen) atoms. The van der Waals surface area contributed by atoms with Gasteiger partial charge >= 0.3 is 0 Å². The van der Waals surface area contributed by atoms with Gasteiger partial charge < -0.3 is 0 Å². The number of piperidine rings is 1. The Morgan fingerprint density at radius 2 is 1.85 bits per heavy atom. The topological polar surface area (TPSA) is 3.24 Å². The lowest BCUT2D eigenvalue weighted by Crippen LogP contribution is -2.51. The van der Waals surface area contributed by atoms with Gasteiger partial charge in [-0.25, -0.2) is 0 Å². The van der Waals surface area contributed by atoms with E-state index in [2.05, 4.69) is 39.5 Å². The van der Waals surface area contributed by atoms with E-state index < -0.39 is 0 Å². The van der Waals surface area contributed by atoms with Gasteiger partial charge in [0.05, 0.1) is 0 Å². The Morgan fingerprint density at radius 1 is 1.23 bits per heavy atom. The summed E-state index contributed by atoms with van der Waals surface area (Å²) < 4.78 is 0. The largest absolute Gasteiger partial charge is 0.296 e. The number of likely N-dealkylation sites (tertiary alicyclic amines) is 1. The predicted octanol–water partition coefficient (Wildman–Crippen LogP) is 3.30.